The van der Waals surface area contributed by atoms with E-state index in [-0.39, 0.29) is 0 Å². The van der Waals surface area contributed by atoms with Gasteiger partial charge in [0.05, 0.1) is 25.5 Å². The van der Waals surface area contributed by atoms with Crippen LogP contribution in [-0.2, 0) is 7.05 Å². The molecular formula is C14H15N3O2. The number of hydrogen-bond acceptors (Lipinski definition) is 4. The summed E-state index contributed by atoms with van der Waals surface area (Å²) < 4.78 is 12.3. The number of ether oxygens (including phenoxy) is 2. The Morgan fingerprint density at radius 1 is 1.26 bits per heavy atom. The maximum atomic E-state index is 9.11. The van der Waals surface area contributed by atoms with Crippen molar-refractivity contribution in [2.24, 2.45) is 7.05 Å². The number of nitriles is 1. The summed E-state index contributed by atoms with van der Waals surface area (Å²) >= 11 is 0. The van der Waals surface area contributed by atoms with Crippen LogP contribution in [0.15, 0.2) is 18.2 Å². The molecule has 5 heteroatoms. The summed E-state index contributed by atoms with van der Waals surface area (Å²) in [4.78, 5) is 4.44. The van der Waals surface area contributed by atoms with Crippen molar-refractivity contribution < 1.29 is 9.47 Å². The summed E-state index contributed by atoms with van der Waals surface area (Å²) in [6, 6.07) is 7.66. The van der Waals surface area contributed by atoms with Crippen molar-refractivity contribution >= 4 is 0 Å². The average Bonchev–Trinajstić information content (AvgIpc) is 2.72. The summed E-state index contributed by atoms with van der Waals surface area (Å²) in [5, 5.41) is 9.11. The Morgan fingerprint density at radius 3 is 2.53 bits per heavy atom. The highest BCUT2D eigenvalue weighted by Gasteiger charge is 2.16. The van der Waals surface area contributed by atoms with Crippen LogP contribution in [0, 0.1) is 18.3 Å². The topological polar surface area (TPSA) is 60.1 Å². The van der Waals surface area contributed by atoms with E-state index in [0.29, 0.717) is 28.7 Å². The van der Waals surface area contributed by atoms with Crippen LogP contribution in [0.1, 0.15) is 11.4 Å². The van der Waals surface area contributed by atoms with Crippen LogP contribution in [-0.4, -0.2) is 23.8 Å². The fraction of sp³-hybridized carbons (Fsp3) is 0.286. The molecule has 2 aromatic rings. The first-order valence-corrected chi connectivity index (χ1v) is 5.78. The normalized spacial score (nSPS) is 10.1. The predicted octanol–water partition coefficient (Wildman–Crippen LogP) is 2.28. The number of aromatic nitrogens is 2. The van der Waals surface area contributed by atoms with Crippen molar-refractivity contribution in [3.8, 4) is 29.0 Å². The van der Waals surface area contributed by atoms with Crippen molar-refractivity contribution in [3.05, 3.63) is 29.6 Å². The second kappa shape index (κ2) is 5.02. The zero-order chi connectivity index (χ0) is 14.0. The van der Waals surface area contributed by atoms with E-state index < -0.39 is 0 Å². The molecule has 0 fully saturated rings. The van der Waals surface area contributed by atoms with Crippen LogP contribution >= 0.6 is 0 Å². The number of benzene rings is 1. The van der Waals surface area contributed by atoms with E-state index in [9.17, 15) is 0 Å². The summed E-state index contributed by atoms with van der Waals surface area (Å²) in [5.41, 5.74) is 2.08. The van der Waals surface area contributed by atoms with E-state index >= 15 is 0 Å². The first kappa shape index (κ1) is 13.0. The lowest BCUT2D eigenvalue weighted by Crippen LogP contribution is -1.98. The molecule has 0 amide bonds. The molecule has 0 saturated carbocycles. The minimum atomic E-state index is 0.549. The Hall–Kier alpha value is -2.48. The van der Waals surface area contributed by atoms with Crippen LogP contribution in [0.25, 0.3) is 11.4 Å². The molecule has 0 spiro atoms. The molecule has 0 bridgehead atoms. The molecule has 19 heavy (non-hydrogen) atoms. The number of nitrogens with zero attached hydrogens (tertiary/aromatic N) is 3. The van der Waals surface area contributed by atoms with Gasteiger partial charge >= 0.3 is 0 Å². The van der Waals surface area contributed by atoms with Gasteiger partial charge in [-0.1, -0.05) is 0 Å². The summed E-state index contributed by atoms with van der Waals surface area (Å²) in [6.45, 7) is 1.82. The molecule has 0 N–H and O–H groups in total. The Morgan fingerprint density at radius 2 is 2.00 bits per heavy atom. The smallest absolute Gasteiger partial charge is 0.144 e. The second-order valence-corrected chi connectivity index (χ2v) is 4.11. The molecule has 98 valence electrons. The molecule has 0 aliphatic carbocycles. The molecule has 1 aromatic carbocycles. The third kappa shape index (κ3) is 2.13. The molecule has 0 aliphatic heterocycles. The molecule has 0 aliphatic rings. The van der Waals surface area contributed by atoms with Gasteiger partial charge in [0.2, 0.25) is 0 Å². The van der Waals surface area contributed by atoms with Crippen molar-refractivity contribution in [2.45, 2.75) is 6.92 Å². The first-order valence-electron chi connectivity index (χ1n) is 5.78. The van der Waals surface area contributed by atoms with Crippen molar-refractivity contribution in [1.29, 1.82) is 5.26 Å². The van der Waals surface area contributed by atoms with Gasteiger partial charge in [-0.15, -0.1) is 0 Å². The van der Waals surface area contributed by atoms with E-state index in [1.54, 1.807) is 24.9 Å². The van der Waals surface area contributed by atoms with E-state index in [1.165, 1.54) is 0 Å². The first-order chi connectivity index (χ1) is 9.12. The van der Waals surface area contributed by atoms with Gasteiger partial charge in [0.1, 0.15) is 29.1 Å². The van der Waals surface area contributed by atoms with Gasteiger partial charge in [-0.25, -0.2) is 4.98 Å². The van der Waals surface area contributed by atoms with Gasteiger partial charge in [0.25, 0.3) is 0 Å². The fourth-order valence-electron chi connectivity index (χ4n) is 2.02. The highest BCUT2D eigenvalue weighted by Crippen LogP contribution is 2.33. The molecule has 5 nitrogen and oxygen atoms in total. The van der Waals surface area contributed by atoms with Crippen LogP contribution in [0.5, 0.6) is 11.5 Å². The van der Waals surface area contributed by atoms with Crippen LogP contribution < -0.4 is 9.47 Å². The third-order valence-corrected chi connectivity index (χ3v) is 3.02. The maximum absolute atomic E-state index is 9.11. The Kier molecular flexibility index (Phi) is 3.43. The summed E-state index contributed by atoms with van der Waals surface area (Å²) in [7, 11) is 5.02. The third-order valence-electron chi connectivity index (χ3n) is 3.02. The van der Waals surface area contributed by atoms with E-state index in [0.717, 1.165) is 5.56 Å². The standard InChI is InChI=1S/C14H15N3O2/c1-9-12(8-15)17(2)14(16-9)11-6-5-10(18-3)7-13(11)19-4/h5-7H,1-4H3. The fourth-order valence-corrected chi connectivity index (χ4v) is 2.02. The molecular weight excluding hydrogens is 242 g/mol. The molecule has 0 radical (unpaired) electrons. The highest BCUT2D eigenvalue weighted by molar-refractivity contribution is 5.67. The maximum Gasteiger partial charge on any atom is 0.144 e. The van der Waals surface area contributed by atoms with Gasteiger partial charge < -0.3 is 14.0 Å². The Bertz CT molecular complexity index is 653. The van der Waals surface area contributed by atoms with E-state index in [4.69, 9.17) is 14.7 Å². The number of imidazole rings is 1. The monoisotopic (exact) mass is 257 g/mol. The largest absolute Gasteiger partial charge is 0.497 e. The number of methoxy groups -OCH3 is 2. The second-order valence-electron chi connectivity index (χ2n) is 4.11. The lowest BCUT2D eigenvalue weighted by Gasteiger charge is -2.10. The zero-order valence-electron chi connectivity index (χ0n) is 11.4. The molecule has 0 unspecified atom stereocenters. The van der Waals surface area contributed by atoms with Crippen molar-refractivity contribution in [3.63, 3.8) is 0 Å². The molecule has 0 atom stereocenters. The van der Waals surface area contributed by atoms with Gasteiger partial charge in [0, 0.05) is 13.1 Å². The minimum Gasteiger partial charge on any atom is -0.497 e. The van der Waals surface area contributed by atoms with Gasteiger partial charge in [0.15, 0.2) is 0 Å². The van der Waals surface area contributed by atoms with E-state index in [2.05, 4.69) is 11.1 Å². The molecule has 1 heterocycles. The highest BCUT2D eigenvalue weighted by atomic mass is 16.5. The Balaban J connectivity index is 2.63. The van der Waals surface area contributed by atoms with Crippen molar-refractivity contribution in [1.82, 2.24) is 9.55 Å². The molecule has 1 aromatic heterocycles. The molecule has 2 rings (SSSR count). The minimum absolute atomic E-state index is 0.549. The van der Waals surface area contributed by atoms with E-state index in [1.807, 2.05) is 26.1 Å². The SMILES string of the molecule is COc1ccc(-c2nc(C)c(C#N)n2C)c(OC)c1. The van der Waals surface area contributed by atoms with Gasteiger partial charge in [-0.3, -0.25) is 0 Å². The lowest BCUT2D eigenvalue weighted by molar-refractivity contribution is 0.395. The van der Waals surface area contributed by atoms with Crippen LogP contribution in [0.4, 0.5) is 0 Å². The summed E-state index contributed by atoms with van der Waals surface area (Å²) in [5.74, 6) is 2.08. The number of aryl methyl sites for hydroxylation is 1. The van der Waals surface area contributed by atoms with Crippen molar-refractivity contribution in [2.75, 3.05) is 14.2 Å². The Labute approximate surface area is 112 Å². The zero-order valence-corrected chi connectivity index (χ0v) is 11.4. The van der Waals surface area contributed by atoms with Crippen LogP contribution in [0.3, 0.4) is 0 Å². The predicted molar refractivity (Wildman–Crippen MR) is 71.2 cm³/mol. The number of rotatable bonds is 3. The molecule has 0 saturated heterocycles. The van der Waals surface area contributed by atoms with Gasteiger partial charge in [-0.05, 0) is 19.1 Å². The van der Waals surface area contributed by atoms with Gasteiger partial charge in [-0.2, -0.15) is 5.26 Å². The quantitative estimate of drug-likeness (QED) is 0.846. The van der Waals surface area contributed by atoms with Crippen LogP contribution in [0.2, 0.25) is 0 Å². The summed E-state index contributed by atoms with van der Waals surface area (Å²) in [6.07, 6.45) is 0. The average molecular weight is 257 g/mol. The lowest BCUT2D eigenvalue weighted by atomic mass is 10.1. The number of hydrogen-bond donors (Lipinski definition) is 0.